The van der Waals surface area contributed by atoms with Gasteiger partial charge in [0.25, 0.3) is 5.91 Å². The summed E-state index contributed by atoms with van der Waals surface area (Å²) in [5.74, 6) is -0.651. The van der Waals surface area contributed by atoms with E-state index in [1.807, 2.05) is 36.1 Å². The maximum absolute atomic E-state index is 12.9. The van der Waals surface area contributed by atoms with Gasteiger partial charge in [-0.1, -0.05) is 0 Å². The molecule has 2 N–H and O–H groups in total. The van der Waals surface area contributed by atoms with Gasteiger partial charge in [-0.15, -0.1) is 0 Å². The summed E-state index contributed by atoms with van der Waals surface area (Å²) in [5, 5.41) is 5.62. The number of hydrogen-bond acceptors (Lipinski definition) is 3. The molecule has 0 saturated carbocycles. The van der Waals surface area contributed by atoms with Crippen molar-refractivity contribution in [3.05, 3.63) is 59.9 Å². The maximum atomic E-state index is 12.9. The molecular formula is C20H23FN4O2. The number of carbonyl (C=O) groups excluding carboxylic acids is 2. The normalized spacial score (nSPS) is 14.0. The zero-order valence-corrected chi connectivity index (χ0v) is 15.2. The highest BCUT2D eigenvalue weighted by atomic mass is 19.1. The van der Waals surface area contributed by atoms with Crippen LogP contribution in [0.25, 0.3) is 0 Å². The van der Waals surface area contributed by atoms with Crippen molar-refractivity contribution in [2.24, 2.45) is 0 Å². The van der Waals surface area contributed by atoms with Crippen LogP contribution >= 0.6 is 0 Å². The molecule has 3 amide bonds. The molecule has 0 unspecified atom stereocenters. The summed E-state index contributed by atoms with van der Waals surface area (Å²) in [5.41, 5.74) is 2.13. The Labute approximate surface area is 158 Å². The molecular weight excluding hydrogens is 347 g/mol. The van der Waals surface area contributed by atoms with E-state index in [9.17, 15) is 14.0 Å². The Balaban J connectivity index is 1.55. The predicted molar refractivity (Wildman–Crippen MR) is 104 cm³/mol. The second-order valence-electron chi connectivity index (χ2n) is 6.32. The number of rotatable bonds is 4. The van der Waals surface area contributed by atoms with Gasteiger partial charge in [0, 0.05) is 49.7 Å². The van der Waals surface area contributed by atoms with E-state index in [1.165, 1.54) is 24.3 Å². The second-order valence-corrected chi connectivity index (χ2v) is 6.32. The summed E-state index contributed by atoms with van der Waals surface area (Å²) >= 11 is 0. The van der Waals surface area contributed by atoms with Gasteiger partial charge in [0.05, 0.1) is 0 Å². The first-order chi connectivity index (χ1) is 13.1. The summed E-state index contributed by atoms with van der Waals surface area (Å²) in [7, 11) is 0. The first kappa shape index (κ1) is 18.7. The average molecular weight is 370 g/mol. The quantitative estimate of drug-likeness (QED) is 0.870. The fourth-order valence-corrected chi connectivity index (χ4v) is 2.99. The SMILES string of the molecule is CCNC(=O)N1CCN(c2ccc(NC(=O)c3ccc(F)cc3)cc2)CC1. The number of piperazine rings is 1. The molecule has 1 heterocycles. The lowest BCUT2D eigenvalue weighted by Crippen LogP contribution is -2.51. The lowest BCUT2D eigenvalue weighted by molar-refractivity contribution is 0.102. The van der Waals surface area contributed by atoms with Crippen LogP contribution < -0.4 is 15.5 Å². The molecule has 1 saturated heterocycles. The number of nitrogens with one attached hydrogen (secondary N) is 2. The van der Waals surface area contributed by atoms with Gasteiger partial charge in [0.1, 0.15) is 5.82 Å². The first-order valence-corrected chi connectivity index (χ1v) is 9.01. The molecule has 0 aromatic heterocycles. The van der Waals surface area contributed by atoms with E-state index >= 15 is 0 Å². The van der Waals surface area contributed by atoms with Crippen LogP contribution in [0, 0.1) is 5.82 Å². The lowest BCUT2D eigenvalue weighted by Gasteiger charge is -2.36. The van der Waals surface area contributed by atoms with Gasteiger partial charge >= 0.3 is 6.03 Å². The maximum Gasteiger partial charge on any atom is 0.317 e. The Morgan fingerprint density at radius 2 is 1.59 bits per heavy atom. The Hall–Kier alpha value is -3.09. The number of urea groups is 1. The first-order valence-electron chi connectivity index (χ1n) is 9.01. The molecule has 27 heavy (non-hydrogen) atoms. The molecule has 0 bridgehead atoms. The number of hydrogen-bond donors (Lipinski definition) is 2. The molecule has 0 aliphatic carbocycles. The summed E-state index contributed by atoms with van der Waals surface area (Å²) in [4.78, 5) is 28.1. The van der Waals surface area contributed by atoms with E-state index in [2.05, 4.69) is 15.5 Å². The van der Waals surface area contributed by atoms with Crippen LogP contribution in [0.3, 0.4) is 0 Å². The average Bonchev–Trinajstić information content (AvgIpc) is 2.69. The van der Waals surface area contributed by atoms with E-state index in [-0.39, 0.29) is 17.8 Å². The van der Waals surface area contributed by atoms with Crippen molar-refractivity contribution in [3.8, 4) is 0 Å². The van der Waals surface area contributed by atoms with Crippen LogP contribution in [-0.2, 0) is 0 Å². The fraction of sp³-hybridized carbons (Fsp3) is 0.300. The molecule has 1 fully saturated rings. The van der Waals surface area contributed by atoms with Crippen LogP contribution in [0.15, 0.2) is 48.5 Å². The Morgan fingerprint density at radius 1 is 0.963 bits per heavy atom. The van der Waals surface area contributed by atoms with E-state index in [1.54, 1.807) is 0 Å². The molecule has 1 aliphatic rings. The third kappa shape index (κ3) is 4.75. The van der Waals surface area contributed by atoms with Gasteiger partial charge in [-0.25, -0.2) is 9.18 Å². The monoisotopic (exact) mass is 370 g/mol. The molecule has 1 aliphatic heterocycles. The number of benzene rings is 2. The number of nitrogens with zero attached hydrogens (tertiary/aromatic N) is 2. The molecule has 6 nitrogen and oxygen atoms in total. The van der Waals surface area contributed by atoms with Crippen molar-refractivity contribution < 1.29 is 14.0 Å². The minimum absolute atomic E-state index is 0.0176. The summed E-state index contributed by atoms with van der Waals surface area (Å²) in [6, 6.07) is 13.0. The lowest BCUT2D eigenvalue weighted by atomic mass is 10.2. The number of anilines is 2. The molecule has 0 atom stereocenters. The van der Waals surface area contributed by atoms with Gasteiger partial charge in [0.15, 0.2) is 0 Å². The van der Waals surface area contributed by atoms with Gasteiger partial charge in [-0.2, -0.15) is 0 Å². The molecule has 7 heteroatoms. The second kappa shape index (κ2) is 8.53. The van der Waals surface area contributed by atoms with Crippen LogP contribution in [0.5, 0.6) is 0 Å². The van der Waals surface area contributed by atoms with Gasteiger partial charge < -0.3 is 20.4 Å². The minimum atomic E-state index is -0.372. The molecule has 142 valence electrons. The third-order valence-corrected chi connectivity index (χ3v) is 4.49. The molecule has 3 rings (SSSR count). The molecule has 2 aromatic rings. The van der Waals surface area contributed by atoms with Crippen molar-refractivity contribution in [2.45, 2.75) is 6.92 Å². The van der Waals surface area contributed by atoms with Crippen LogP contribution in [0.2, 0.25) is 0 Å². The highest BCUT2D eigenvalue weighted by Crippen LogP contribution is 2.20. The van der Waals surface area contributed by atoms with E-state index in [4.69, 9.17) is 0 Å². The Kier molecular flexibility index (Phi) is 5.90. The van der Waals surface area contributed by atoms with E-state index in [0.717, 1.165) is 18.8 Å². The number of halogens is 1. The van der Waals surface area contributed by atoms with Gasteiger partial charge in [0.2, 0.25) is 0 Å². The summed E-state index contributed by atoms with van der Waals surface area (Å²) in [6.45, 7) is 5.41. The molecule has 0 spiro atoms. The zero-order chi connectivity index (χ0) is 19.2. The summed E-state index contributed by atoms with van der Waals surface area (Å²) < 4.78 is 12.9. The summed E-state index contributed by atoms with van der Waals surface area (Å²) in [6.07, 6.45) is 0. The molecule has 0 radical (unpaired) electrons. The third-order valence-electron chi connectivity index (χ3n) is 4.49. The van der Waals surface area contributed by atoms with E-state index in [0.29, 0.717) is 30.9 Å². The van der Waals surface area contributed by atoms with Gasteiger partial charge in [-0.3, -0.25) is 4.79 Å². The van der Waals surface area contributed by atoms with Crippen molar-refractivity contribution in [2.75, 3.05) is 42.9 Å². The Morgan fingerprint density at radius 3 is 2.19 bits per heavy atom. The fourth-order valence-electron chi connectivity index (χ4n) is 2.99. The topological polar surface area (TPSA) is 64.7 Å². The smallest absolute Gasteiger partial charge is 0.317 e. The van der Waals surface area contributed by atoms with Gasteiger partial charge in [-0.05, 0) is 55.5 Å². The minimum Gasteiger partial charge on any atom is -0.368 e. The van der Waals surface area contributed by atoms with Crippen molar-refractivity contribution in [1.82, 2.24) is 10.2 Å². The zero-order valence-electron chi connectivity index (χ0n) is 15.2. The van der Waals surface area contributed by atoms with Crippen molar-refractivity contribution in [1.29, 1.82) is 0 Å². The van der Waals surface area contributed by atoms with Crippen molar-refractivity contribution in [3.63, 3.8) is 0 Å². The number of carbonyl (C=O) groups is 2. The standard InChI is InChI=1S/C20H23FN4O2/c1-2-22-20(27)25-13-11-24(12-14-25)18-9-7-17(8-10-18)23-19(26)15-3-5-16(21)6-4-15/h3-10H,2,11-14H2,1H3,(H,22,27)(H,23,26). The highest BCUT2D eigenvalue weighted by Gasteiger charge is 2.20. The number of amides is 3. The highest BCUT2D eigenvalue weighted by molar-refractivity contribution is 6.04. The van der Waals surface area contributed by atoms with Crippen LogP contribution in [0.4, 0.5) is 20.6 Å². The van der Waals surface area contributed by atoms with Crippen molar-refractivity contribution >= 4 is 23.3 Å². The molecule has 2 aromatic carbocycles. The predicted octanol–water partition coefficient (Wildman–Crippen LogP) is 2.93. The largest absolute Gasteiger partial charge is 0.368 e. The van der Waals surface area contributed by atoms with Crippen LogP contribution in [-0.4, -0.2) is 49.6 Å². The van der Waals surface area contributed by atoms with Crippen LogP contribution in [0.1, 0.15) is 17.3 Å². The Bertz CT molecular complexity index is 785. The van der Waals surface area contributed by atoms with E-state index < -0.39 is 0 Å².